The van der Waals surface area contributed by atoms with Crippen molar-refractivity contribution in [2.45, 2.75) is 18.9 Å². The van der Waals surface area contributed by atoms with Crippen molar-refractivity contribution in [3.05, 3.63) is 40.2 Å². The lowest BCUT2D eigenvalue weighted by Gasteiger charge is -2.17. The number of fused-ring (bicyclic) bond motifs is 1. The molecular weight excluding hydrogens is 256 g/mol. The summed E-state index contributed by atoms with van der Waals surface area (Å²) in [5, 5.41) is 9.88. The Bertz CT molecular complexity index is 758. The number of aromatic nitrogens is 1. The van der Waals surface area contributed by atoms with Crippen molar-refractivity contribution in [1.29, 1.82) is 0 Å². The van der Waals surface area contributed by atoms with Gasteiger partial charge < -0.3 is 14.6 Å². The molecule has 2 aromatic rings. The molecule has 1 aromatic heterocycles. The van der Waals surface area contributed by atoms with Gasteiger partial charge in [-0.3, -0.25) is 4.79 Å². The first kappa shape index (κ1) is 12.7. The average molecular weight is 272 g/mol. The summed E-state index contributed by atoms with van der Waals surface area (Å²) in [6.45, 7) is 0. The molecule has 1 N–H and O–H groups in total. The SMILES string of the molecule is CN(C)c1ccc2c(c1)c(=O)cc(C(=O)O)n2C1CC1. The van der Waals surface area contributed by atoms with Gasteiger partial charge in [0, 0.05) is 37.3 Å². The van der Waals surface area contributed by atoms with Gasteiger partial charge in [-0.15, -0.1) is 0 Å². The summed E-state index contributed by atoms with van der Waals surface area (Å²) in [4.78, 5) is 25.5. The second-order valence-corrected chi connectivity index (χ2v) is 5.40. The maximum absolute atomic E-state index is 12.2. The highest BCUT2D eigenvalue weighted by atomic mass is 16.4. The van der Waals surface area contributed by atoms with Gasteiger partial charge in [0.2, 0.25) is 0 Å². The van der Waals surface area contributed by atoms with Crippen molar-refractivity contribution < 1.29 is 9.90 Å². The lowest BCUT2D eigenvalue weighted by atomic mass is 10.1. The minimum atomic E-state index is -1.05. The third kappa shape index (κ3) is 1.95. The van der Waals surface area contributed by atoms with Gasteiger partial charge in [-0.25, -0.2) is 4.79 Å². The van der Waals surface area contributed by atoms with Crippen molar-refractivity contribution in [3.63, 3.8) is 0 Å². The molecule has 1 fully saturated rings. The molecule has 0 saturated heterocycles. The molecule has 1 saturated carbocycles. The molecule has 0 amide bonds. The molecule has 0 aliphatic heterocycles. The highest BCUT2D eigenvalue weighted by Crippen LogP contribution is 2.38. The van der Waals surface area contributed by atoms with Crippen molar-refractivity contribution in [1.82, 2.24) is 4.57 Å². The van der Waals surface area contributed by atoms with Crippen LogP contribution in [0.5, 0.6) is 0 Å². The maximum Gasteiger partial charge on any atom is 0.352 e. The van der Waals surface area contributed by atoms with Crippen LogP contribution in [0.1, 0.15) is 29.4 Å². The van der Waals surface area contributed by atoms with Crippen molar-refractivity contribution in [3.8, 4) is 0 Å². The van der Waals surface area contributed by atoms with Gasteiger partial charge in [0.25, 0.3) is 0 Å². The Kier molecular flexibility index (Phi) is 2.78. The summed E-state index contributed by atoms with van der Waals surface area (Å²) in [5.41, 5.74) is 1.49. The van der Waals surface area contributed by atoms with Gasteiger partial charge >= 0.3 is 5.97 Å². The Morgan fingerprint density at radius 1 is 1.30 bits per heavy atom. The number of rotatable bonds is 3. The van der Waals surface area contributed by atoms with Crippen LogP contribution in [0.15, 0.2) is 29.1 Å². The van der Waals surface area contributed by atoms with E-state index in [0.717, 1.165) is 18.5 Å². The Morgan fingerprint density at radius 3 is 2.55 bits per heavy atom. The standard InChI is InChI=1S/C15H16N2O3/c1-16(2)10-5-6-12-11(7-10)14(18)8-13(15(19)20)17(12)9-3-4-9/h5-9H,3-4H2,1-2H3,(H,19,20). The zero-order chi connectivity index (χ0) is 14.4. The molecule has 0 spiro atoms. The van der Waals surface area contributed by atoms with Gasteiger partial charge in [-0.2, -0.15) is 0 Å². The normalized spacial score (nSPS) is 14.5. The second-order valence-electron chi connectivity index (χ2n) is 5.40. The van der Waals surface area contributed by atoms with E-state index in [4.69, 9.17) is 0 Å². The van der Waals surface area contributed by atoms with Crippen LogP contribution in [0.4, 0.5) is 5.69 Å². The molecule has 1 aliphatic rings. The number of aromatic carboxylic acids is 1. The fourth-order valence-electron chi connectivity index (χ4n) is 2.50. The van der Waals surface area contributed by atoms with Crippen LogP contribution in [-0.4, -0.2) is 29.7 Å². The maximum atomic E-state index is 12.2. The highest BCUT2D eigenvalue weighted by molar-refractivity contribution is 5.91. The van der Waals surface area contributed by atoms with E-state index in [2.05, 4.69) is 0 Å². The Labute approximate surface area is 116 Å². The number of hydrogen-bond donors (Lipinski definition) is 1. The zero-order valence-corrected chi connectivity index (χ0v) is 11.5. The predicted molar refractivity (Wildman–Crippen MR) is 77.8 cm³/mol. The summed E-state index contributed by atoms with van der Waals surface area (Å²) in [6.07, 6.45) is 1.93. The van der Waals surface area contributed by atoms with E-state index in [1.165, 1.54) is 6.07 Å². The van der Waals surface area contributed by atoms with Crippen LogP contribution in [0.2, 0.25) is 0 Å². The van der Waals surface area contributed by atoms with Gasteiger partial charge in [0.1, 0.15) is 5.69 Å². The molecule has 0 radical (unpaired) electrons. The van der Waals surface area contributed by atoms with Crippen molar-refractivity contribution in [2.24, 2.45) is 0 Å². The van der Waals surface area contributed by atoms with Crippen LogP contribution in [0.3, 0.4) is 0 Å². The van der Waals surface area contributed by atoms with E-state index in [1.54, 1.807) is 4.57 Å². The Morgan fingerprint density at radius 2 is 2.00 bits per heavy atom. The minimum Gasteiger partial charge on any atom is -0.477 e. The fraction of sp³-hybridized carbons (Fsp3) is 0.333. The molecule has 104 valence electrons. The smallest absolute Gasteiger partial charge is 0.352 e. The highest BCUT2D eigenvalue weighted by Gasteiger charge is 2.29. The number of benzene rings is 1. The van der Waals surface area contributed by atoms with Crippen LogP contribution in [0.25, 0.3) is 10.9 Å². The van der Waals surface area contributed by atoms with Crippen LogP contribution < -0.4 is 10.3 Å². The van der Waals surface area contributed by atoms with Crippen LogP contribution >= 0.6 is 0 Å². The van der Waals surface area contributed by atoms with Gasteiger partial charge in [-0.05, 0) is 31.0 Å². The molecule has 0 bridgehead atoms. The summed E-state index contributed by atoms with van der Waals surface area (Å²) < 4.78 is 1.79. The second kappa shape index (κ2) is 4.37. The van der Waals surface area contributed by atoms with E-state index in [0.29, 0.717) is 10.9 Å². The topological polar surface area (TPSA) is 62.5 Å². The van der Waals surface area contributed by atoms with Gasteiger partial charge in [-0.1, -0.05) is 0 Å². The van der Waals surface area contributed by atoms with Crippen LogP contribution in [0, 0.1) is 0 Å². The molecule has 20 heavy (non-hydrogen) atoms. The predicted octanol–water partition coefficient (Wildman–Crippen LogP) is 2.10. The first-order valence-corrected chi connectivity index (χ1v) is 6.59. The van der Waals surface area contributed by atoms with E-state index in [-0.39, 0.29) is 17.2 Å². The molecule has 3 rings (SSSR count). The summed E-state index contributed by atoms with van der Waals surface area (Å²) in [6, 6.07) is 7.02. The number of carboxylic acids is 1. The molecule has 0 unspecified atom stereocenters. The van der Waals surface area contributed by atoms with Gasteiger partial charge in [0.15, 0.2) is 5.43 Å². The lowest BCUT2D eigenvalue weighted by molar-refractivity contribution is 0.0684. The summed E-state index contributed by atoms with van der Waals surface area (Å²) in [5.74, 6) is -1.05. The molecule has 1 aliphatic carbocycles. The Hall–Kier alpha value is -2.30. The summed E-state index contributed by atoms with van der Waals surface area (Å²) in [7, 11) is 3.82. The number of hydrogen-bond acceptors (Lipinski definition) is 3. The van der Waals surface area contributed by atoms with Crippen molar-refractivity contribution >= 4 is 22.6 Å². The first-order chi connectivity index (χ1) is 9.49. The Balaban J connectivity index is 2.36. The average Bonchev–Trinajstić information content (AvgIpc) is 3.22. The molecule has 1 heterocycles. The molecule has 1 aromatic carbocycles. The molecule has 5 heteroatoms. The van der Waals surface area contributed by atoms with E-state index < -0.39 is 5.97 Å². The minimum absolute atomic E-state index is 0.0857. The number of carboxylic acid groups (broad SMARTS) is 1. The van der Waals surface area contributed by atoms with E-state index >= 15 is 0 Å². The van der Waals surface area contributed by atoms with Crippen LogP contribution in [-0.2, 0) is 0 Å². The van der Waals surface area contributed by atoms with E-state index in [1.807, 2.05) is 37.2 Å². The third-order valence-electron chi connectivity index (χ3n) is 3.68. The first-order valence-electron chi connectivity index (χ1n) is 6.59. The third-order valence-corrected chi connectivity index (χ3v) is 3.68. The lowest BCUT2D eigenvalue weighted by Crippen LogP contribution is -2.18. The van der Waals surface area contributed by atoms with Crippen molar-refractivity contribution in [2.75, 3.05) is 19.0 Å². The fourth-order valence-corrected chi connectivity index (χ4v) is 2.50. The monoisotopic (exact) mass is 272 g/mol. The summed E-state index contributed by atoms with van der Waals surface area (Å²) >= 11 is 0. The molecular formula is C15H16N2O3. The molecule has 5 nitrogen and oxygen atoms in total. The number of pyridine rings is 1. The zero-order valence-electron chi connectivity index (χ0n) is 11.5. The number of nitrogens with zero attached hydrogens (tertiary/aromatic N) is 2. The number of carbonyl (C=O) groups is 1. The van der Waals surface area contributed by atoms with Gasteiger partial charge in [0.05, 0.1) is 5.52 Å². The largest absolute Gasteiger partial charge is 0.477 e. The molecule has 0 atom stereocenters. The number of anilines is 1. The quantitative estimate of drug-likeness (QED) is 0.929. The van der Waals surface area contributed by atoms with E-state index in [9.17, 15) is 14.7 Å².